The van der Waals surface area contributed by atoms with Crippen LogP contribution in [0.3, 0.4) is 0 Å². The van der Waals surface area contributed by atoms with Crippen LogP contribution in [0.15, 0.2) is 53.5 Å². The number of aryl methyl sites for hydroxylation is 1. The molecule has 6 heteroatoms. The lowest BCUT2D eigenvalue weighted by Crippen LogP contribution is -2.11. The lowest BCUT2D eigenvalue weighted by molar-refractivity contribution is 0.103. The molecule has 0 aliphatic carbocycles. The van der Waals surface area contributed by atoms with Gasteiger partial charge in [-0.05, 0) is 36.1 Å². The highest BCUT2D eigenvalue weighted by Crippen LogP contribution is 2.24. The van der Waals surface area contributed by atoms with Crippen LogP contribution in [-0.4, -0.2) is 15.3 Å². The first-order chi connectivity index (χ1) is 11.2. The number of anilines is 1. The zero-order chi connectivity index (χ0) is 15.8. The number of amides is 1. The van der Waals surface area contributed by atoms with E-state index in [1.54, 1.807) is 11.3 Å². The normalized spacial score (nSPS) is 11.0. The van der Waals surface area contributed by atoms with Gasteiger partial charge in [0.25, 0.3) is 5.91 Å². The second kappa shape index (κ2) is 5.64. The first kappa shape index (κ1) is 14.2. The molecule has 0 fully saturated rings. The molecule has 0 aliphatic rings. The number of rotatable bonds is 3. The minimum absolute atomic E-state index is 0.0623. The summed E-state index contributed by atoms with van der Waals surface area (Å²) in [5, 5.41) is 6.87. The second-order valence-electron chi connectivity index (χ2n) is 5.18. The summed E-state index contributed by atoms with van der Waals surface area (Å²) in [7, 11) is 0. The third kappa shape index (κ3) is 2.67. The Labute approximate surface area is 141 Å². The van der Waals surface area contributed by atoms with E-state index in [9.17, 15) is 4.79 Å². The maximum atomic E-state index is 12.2. The van der Waals surface area contributed by atoms with Crippen LogP contribution in [0.5, 0.6) is 0 Å². The molecule has 0 spiro atoms. The van der Waals surface area contributed by atoms with Gasteiger partial charge >= 0.3 is 0 Å². The summed E-state index contributed by atoms with van der Waals surface area (Å²) >= 11 is 3.07. The molecular weight excluding hydrogens is 326 g/mol. The zero-order valence-electron chi connectivity index (χ0n) is 12.3. The number of thiophene rings is 1. The quantitative estimate of drug-likeness (QED) is 0.589. The number of thiazole rings is 1. The highest BCUT2D eigenvalue weighted by Gasteiger charge is 2.11. The minimum atomic E-state index is -0.0623. The molecular formula is C17H13N3OS2. The summed E-state index contributed by atoms with van der Waals surface area (Å²) in [6.45, 7) is 1.94. The number of fused-ring (bicyclic) bond motifs is 1. The monoisotopic (exact) mass is 339 g/mol. The molecule has 114 valence electrons. The molecule has 4 nitrogen and oxygen atoms in total. The summed E-state index contributed by atoms with van der Waals surface area (Å²) in [5.74, 6) is -0.0623. The van der Waals surface area contributed by atoms with Gasteiger partial charge in [-0.25, -0.2) is 4.98 Å². The Morgan fingerprint density at radius 2 is 1.96 bits per heavy atom. The molecule has 4 rings (SSSR count). The number of hydrogen-bond acceptors (Lipinski definition) is 4. The van der Waals surface area contributed by atoms with E-state index in [1.165, 1.54) is 11.3 Å². The fourth-order valence-corrected chi connectivity index (χ4v) is 3.90. The summed E-state index contributed by atoms with van der Waals surface area (Å²) < 4.78 is 2.01. The topological polar surface area (TPSA) is 46.4 Å². The van der Waals surface area contributed by atoms with E-state index < -0.39 is 0 Å². The predicted octanol–water partition coefficient (Wildman–Crippen LogP) is 4.69. The Bertz CT molecular complexity index is 950. The lowest BCUT2D eigenvalue weighted by Gasteiger charge is -2.05. The van der Waals surface area contributed by atoms with Crippen LogP contribution >= 0.6 is 22.7 Å². The van der Waals surface area contributed by atoms with Crippen molar-refractivity contribution in [2.45, 2.75) is 6.92 Å². The average molecular weight is 339 g/mol. The van der Waals surface area contributed by atoms with E-state index in [-0.39, 0.29) is 5.91 Å². The summed E-state index contributed by atoms with van der Waals surface area (Å²) in [4.78, 5) is 18.5. The molecule has 0 bridgehead atoms. The molecule has 3 heterocycles. The highest BCUT2D eigenvalue weighted by molar-refractivity contribution is 7.15. The number of aromatic nitrogens is 2. The first-order valence-corrected chi connectivity index (χ1v) is 8.85. The van der Waals surface area contributed by atoms with Gasteiger partial charge in [0.1, 0.15) is 0 Å². The van der Waals surface area contributed by atoms with Crippen LogP contribution in [0.4, 0.5) is 5.69 Å². The molecule has 0 saturated heterocycles. The smallest absolute Gasteiger partial charge is 0.265 e. The van der Waals surface area contributed by atoms with Gasteiger partial charge in [0.05, 0.1) is 10.6 Å². The van der Waals surface area contributed by atoms with E-state index in [2.05, 4.69) is 10.3 Å². The molecule has 3 aromatic heterocycles. The third-order valence-corrected chi connectivity index (χ3v) is 5.39. The number of nitrogens with zero attached hydrogens (tertiary/aromatic N) is 2. The van der Waals surface area contributed by atoms with Crippen molar-refractivity contribution in [2.24, 2.45) is 0 Å². The highest BCUT2D eigenvalue weighted by atomic mass is 32.1. The number of benzene rings is 1. The van der Waals surface area contributed by atoms with Gasteiger partial charge in [0, 0.05) is 29.0 Å². The lowest BCUT2D eigenvalue weighted by atomic mass is 10.1. The van der Waals surface area contributed by atoms with E-state index in [0.29, 0.717) is 0 Å². The Hall–Kier alpha value is -2.44. The molecule has 0 saturated carbocycles. The van der Waals surface area contributed by atoms with E-state index in [4.69, 9.17) is 0 Å². The second-order valence-corrected chi connectivity index (χ2v) is 6.97. The van der Waals surface area contributed by atoms with E-state index in [0.717, 1.165) is 32.3 Å². The number of hydrogen-bond donors (Lipinski definition) is 1. The van der Waals surface area contributed by atoms with Crippen molar-refractivity contribution < 1.29 is 4.79 Å². The molecule has 1 amide bonds. The molecule has 1 N–H and O–H groups in total. The van der Waals surface area contributed by atoms with Gasteiger partial charge in [-0.3, -0.25) is 9.20 Å². The van der Waals surface area contributed by atoms with Crippen LogP contribution in [-0.2, 0) is 0 Å². The van der Waals surface area contributed by atoms with Crippen LogP contribution in [0.25, 0.3) is 16.2 Å². The number of imidazole rings is 1. The molecule has 23 heavy (non-hydrogen) atoms. The van der Waals surface area contributed by atoms with Gasteiger partial charge in [-0.2, -0.15) is 0 Å². The van der Waals surface area contributed by atoms with Crippen molar-refractivity contribution in [1.29, 1.82) is 0 Å². The van der Waals surface area contributed by atoms with Gasteiger partial charge in [0.15, 0.2) is 4.96 Å². The van der Waals surface area contributed by atoms with Gasteiger partial charge < -0.3 is 5.32 Å². The largest absolute Gasteiger partial charge is 0.321 e. The SMILES string of the molecule is Cc1ccsc1C(=O)Nc1ccc(-c2cn3ccsc3n2)cc1. The van der Waals surface area contributed by atoms with E-state index >= 15 is 0 Å². The van der Waals surface area contributed by atoms with Crippen LogP contribution in [0.1, 0.15) is 15.2 Å². The Balaban J connectivity index is 1.55. The standard InChI is InChI=1S/C17H13N3OS2/c1-11-6-8-22-15(11)16(21)18-13-4-2-12(3-5-13)14-10-20-7-9-23-17(20)19-14/h2-10H,1H3,(H,18,21). The molecule has 1 aromatic carbocycles. The van der Waals surface area contributed by atoms with Crippen molar-refractivity contribution in [3.63, 3.8) is 0 Å². The van der Waals surface area contributed by atoms with Gasteiger partial charge in [0.2, 0.25) is 0 Å². The van der Waals surface area contributed by atoms with E-state index in [1.807, 2.05) is 64.8 Å². The molecule has 0 aliphatic heterocycles. The minimum Gasteiger partial charge on any atom is -0.321 e. The fraction of sp³-hybridized carbons (Fsp3) is 0.0588. The zero-order valence-corrected chi connectivity index (χ0v) is 13.9. The Kier molecular flexibility index (Phi) is 3.48. The van der Waals surface area contributed by atoms with Gasteiger partial charge in [-0.1, -0.05) is 12.1 Å². The number of carbonyl (C=O) groups excluding carboxylic acids is 1. The summed E-state index contributed by atoms with van der Waals surface area (Å²) in [6.07, 6.45) is 4.00. The van der Waals surface area contributed by atoms with Crippen molar-refractivity contribution in [1.82, 2.24) is 9.38 Å². The Morgan fingerprint density at radius 1 is 1.13 bits per heavy atom. The maximum absolute atomic E-state index is 12.2. The van der Waals surface area contributed by atoms with Crippen molar-refractivity contribution >= 4 is 39.2 Å². The summed E-state index contributed by atoms with van der Waals surface area (Å²) in [5.41, 5.74) is 3.75. The average Bonchev–Trinajstić information content (AvgIpc) is 3.23. The predicted molar refractivity (Wildman–Crippen MR) is 95.5 cm³/mol. The molecule has 0 radical (unpaired) electrons. The van der Waals surface area contributed by atoms with Crippen LogP contribution in [0, 0.1) is 6.92 Å². The molecule has 4 aromatic rings. The first-order valence-electron chi connectivity index (χ1n) is 7.09. The number of carbonyl (C=O) groups is 1. The molecule has 0 unspecified atom stereocenters. The van der Waals surface area contributed by atoms with Crippen molar-refractivity contribution in [3.05, 3.63) is 63.9 Å². The summed E-state index contributed by atoms with van der Waals surface area (Å²) in [6, 6.07) is 9.72. The van der Waals surface area contributed by atoms with Gasteiger partial charge in [-0.15, -0.1) is 22.7 Å². The fourth-order valence-electron chi connectivity index (χ4n) is 2.38. The van der Waals surface area contributed by atoms with Crippen LogP contribution < -0.4 is 5.32 Å². The molecule has 0 atom stereocenters. The number of nitrogens with one attached hydrogen (secondary N) is 1. The van der Waals surface area contributed by atoms with Crippen LogP contribution in [0.2, 0.25) is 0 Å². The van der Waals surface area contributed by atoms with Crippen molar-refractivity contribution in [2.75, 3.05) is 5.32 Å². The van der Waals surface area contributed by atoms with Crippen molar-refractivity contribution in [3.8, 4) is 11.3 Å². The third-order valence-electron chi connectivity index (χ3n) is 3.60. The Morgan fingerprint density at radius 3 is 2.65 bits per heavy atom. The maximum Gasteiger partial charge on any atom is 0.265 e.